The number of aromatic nitrogens is 2. The third-order valence-electron chi connectivity index (χ3n) is 2.06. The van der Waals surface area contributed by atoms with Crippen molar-refractivity contribution in [2.75, 3.05) is 17.6 Å². The van der Waals surface area contributed by atoms with E-state index in [0.717, 1.165) is 21.8 Å². The quantitative estimate of drug-likeness (QED) is 0.902. The summed E-state index contributed by atoms with van der Waals surface area (Å²) in [5, 5.41) is 3.20. The third kappa shape index (κ3) is 3.55. The van der Waals surface area contributed by atoms with Crippen molar-refractivity contribution in [2.45, 2.75) is 6.42 Å². The van der Waals surface area contributed by atoms with Crippen LogP contribution in [0, 0.1) is 0 Å². The molecule has 2 heterocycles. The molecule has 2 aromatic rings. The van der Waals surface area contributed by atoms with Gasteiger partial charge in [0.2, 0.25) is 5.95 Å². The minimum atomic E-state index is 0.259. The molecule has 3 N–H and O–H groups in total. The Hall–Kier alpha value is -0.850. The zero-order valence-corrected chi connectivity index (χ0v) is 11.9. The van der Waals surface area contributed by atoms with Crippen molar-refractivity contribution in [1.29, 1.82) is 0 Å². The Morgan fingerprint density at radius 1 is 1.47 bits per heavy atom. The number of nitrogen functional groups attached to an aromatic ring is 1. The highest BCUT2D eigenvalue weighted by atomic mass is 79.9. The SMILES string of the molecule is Nc1ncc(Br)c(NCCc2ccc(Cl)s2)n1. The molecule has 0 aliphatic heterocycles. The number of anilines is 2. The number of hydrogen-bond acceptors (Lipinski definition) is 5. The standard InChI is InChI=1S/C10H10BrClN4S/c11-7-5-15-10(13)16-9(7)14-4-3-6-1-2-8(12)17-6/h1-2,5H,3-4H2,(H3,13,14,15,16). The lowest BCUT2D eigenvalue weighted by Crippen LogP contribution is -2.08. The van der Waals surface area contributed by atoms with Gasteiger partial charge in [0.15, 0.2) is 0 Å². The maximum Gasteiger partial charge on any atom is 0.221 e. The first-order valence-corrected chi connectivity index (χ1v) is 6.90. The van der Waals surface area contributed by atoms with Gasteiger partial charge in [-0.2, -0.15) is 4.98 Å². The summed E-state index contributed by atoms with van der Waals surface area (Å²) < 4.78 is 1.61. The van der Waals surface area contributed by atoms with Crippen molar-refractivity contribution in [1.82, 2.24) is 9.97 Å². The lowest BCUT2D eigenvalue weighted by molar-refractivity contribution is 1.02. The zero-order valence-electron chi connectivity index (χ0n) is 8.78. The summed E-state index contributed by atoms with van der Waals surface area (Å²) in [6, 6.07) is 3.93. The highest BCUT2D eigenvalue weighted by molar-refractivity contribution is 9.10. The van der Waals surface area contributed by atoms with Gasteiger partial charge in [0, 0.05) is 17.6 Å². The van der Waals surface area contributed by atoms with Gasteiger partial charge in [0.25, 0.3) is 0 Å². The molecule has 0 atom stereocenters. The summed E-state index contributed by atoms with van der Waals surface area (Å²) in [4.78, 5) is 9.21. The molecule has 17 heavy (non-hydrogen) atoms. The number of nitrogens with two attached hydrogens (primary N) is 1. The molecule has 0 unspecified atom stereocenters. The summed E-state index contributed by atoms with van der Waals surface area (Å²) in [5.41, 5.74) is 5.52. The zero-order chi connectivity index (χ0) is 12.3. The first kappa shape index (κ1) is 12.6. The minimum absolute atomic E-state index is 0.259. The molecular weight excluding hydrogens is 324 g/mol. The van der Waals surface area contributed by atoms with Crippen molar-refractivity contribution < 1.29 is 0 Å². The fourth-order valence-corrected chi connectivity index (χ4v) is 2.71. The average molecular weight is 334 g/mol. The summed E-state index contributed by atoms with van der Waals surface area (Å²) in [6.45, 7) is 0.770. The van der Waals surface area contributed by atoms with Crippen LogP contribution in [0.3, 0.4) is 0 Å². The van der Waals surface area contributed by atoms with E-state index in [-0.39, 0.29) is 5.95 Å². The monoisotopic (exact) mass is 332 g/mol. The fourth-order valence-electron chi connectivity index (χ4n) is 1.29. The van der Waals surface area contributed by atoms with Crippen LogP contribution < -0.4 is 11.1 Å². The Morgan fingerprint density at radius 3 is 3.00 bits per heavy atom. The van der Waals surface area contributed by atoms with Crippen molar-refractivity contribution in [3.05, 3.63) is 32.0 Å². The minimum Gasteiger partial charge on any atom is -0.369 e. The van der Waals surface area contributed by atoms with Gasteiger partial charge in [-0.1, -0.05) is 11.6 Å². The fraction of sp³-hybridized carbons (Fsp3) is 0.200. The van der Waals surface area contributed by atoms with E-state index >= 15 is 0 Å². The van der Waals surface area contributed by atoms with E-state index in [0.29, 0.717) is 5.82 Å². The maximum absolute atomic E-state index is 5.86. The largest absolute Gasteiger partial charge is 0.369 e. The van der Waals surface area contributed by atoms with Gasteiger partial charge >= 0.3 is 0 Å². The van der Waals surface area contributed by atoms with Crippen LogP contribution in [0.15, 0.2) is 22.8 Å². The van der Waals surface area contributed by atoms with Crippen LogP contribution in [0.2, 0.25) is 4.34 Å². The molecular formula is C10H10BrClN4S. The second-order valence-corrected chi connectivity index (χ2v) is 5.96. The van der Waals surface area contributed by atoms with Gasteiger partial charge in [-0.3, -0.25) is 0 Å². The van der Waals surface area contributed by atoms with E-state index in [2.05, 4.69) is 31.2 Å². The molecule has 4 nitrogen and oxygen atoms in total. The summed E-state index contributed by atoms with van der Waals surface area (Å²) in [6.07, 6.45) is 2.53. The molecule has 0 fully saturated rings. The molecule has 0 radical (unpaired) electrons. The summed E-state index contributed by atoms with van der Waals surface area (Å²) in [7, 11) is 0. The molecule has 0 saturated carbocycles. The number of thiophene rings is 1. The molecule has 0 amide bonds. The average Bonchev–Trinajstić information content (AvgIpc) is 2.69. The van der Waals surface area contributed by atoms with Gasteiger partial charge in [-0.25, -0.2) is 4.98 Å². The Kier molecular flexibility index (Phi) is 4.20. The molecule has 2 aromatic heterocycles. The van der Waals surface area contributed by atoms with Crippen LogP contribution in [0.4, 0.5) is 11.8 Å². The van der Waals surface area contributed by atoms with E-state index in [4.69, 9.17) is 17.3 Å². The van der Waals surface area contributed by atoms with Crippen molar-refractivity contribution in [3.8, 4) is 0 Å². The van der Waals surface area contributed by atoms with Gasteiger partial charge in [0.05, 0.1) is 8.81 Å². The van der Waals surface area contributed by atoms with Crippen LogP contribution in [0.5, 0.6) is 0 Å². The van der Waals surface area contributed by atoms with Crippen LogP contribution in [-0.4, -0.2) is 16.5 Å². The smallest absolute Gasteiger partial charge is 0.221 e. The molecule has 0 aromatic carbocycles. The summed E-state index contributed by atoms with van der Waals surface area (Å²) in [5.74, 6) is 0.968. The molecule has 2 rings (SSSR count). The van der Waals surface area contributed by atoms with E-state index < -0.39 is 0 Å². The molecule has 0 aliphatic carbocycles. The van der Waals surface area contributed by atoms with E-state index in [1.165, 1.54) is 4.88 Å². The number of nitrogens with zero attached hydrogens (tertiary/aromatic N) is 2. The highest BCUT2D eigenvalue weighted by Gasteiger charge is 2.03. The topological polar surface area (TPSA) is 63.8 Å². The Bertz CT molecular complexity index is 517. The second kappa shape index (κ2) is 5.66. The van der Waals surface area contributed by atoms with Gasteiger partial charge in [0.1, 0.15) is 5.82 Å². The molecule has 90 valence electrons. The van der Waals surface area contributed by atoms with E-state index in [1.807, 2.05) is 12.1 Å². The predicted octanol–water partition coefficient (Wildman–Crippen LogP) is 3.19. The lowest BCUT2D eigenvalue weighted by atomic mass is 10.3. The van der Waals surface area contributed by atoms with Gasteiger partial charge in [-0.15, -0.1) is 11.3 Å². The Balaban J connectivity index is 1.91. The normalized spacial score (nSPS) is 10.5. The Morgan fingerprint density at radius 2 is 2.29 bits per heavy atom. The number of halogens is 2. The first-order valence-electron chi connectivity index (χ1n) is 4.91. The van der Waals surface area contributed by atoms with E-state index in [1.54, 1.807) is 17.5 Å². The molecule has 0 aliphatic rings. The van der Waals surface area contributed by atoms with Crippen LogP contribution >= 0.6 is 38.9 Å². The highest BCUT2D eigenvalue weighted by Crippen LogP contribution is 2.22. The molecule has 0 saturated heterocycles. The molecule has 0 spiro atoms. The number of nitrogens with one attached hydrogen (secondary N) is 1. The molecule has 7 heteroatoms. The Labute approximate surface area is 116 Å². The van der Waals surface area contributed by atoms with Gasteiger partial charge in [-0.05, 0) is 34.5 Å². The summed E-state index contributed by atoms with van der Waals surface area (Å²) >= 11 is 10.8. The first-order chi connectivity index (χ1) is 8.15. The predicted molar refractivity (Wildman–Crippen MR) is 75.7 cm³/mol. The molecule has 0 bridgehead atoms. The van der Waals surface area contributed by atoms with Crippen LogP contribution in [-0.2, 0) is 6.42 Å². The van der Waals surface area contributed by atoms with Crippen LogP contribution in [0.25, 0.3) is 0 Å². The second-order valence-electron chi connectivity index (χ2n) is 3.31. The van der Waals surface area contributed by atoms with Crippen molar-refractivity contribution in [2.24, 2.45) is 0 Å². The number of hydrogen-bond donors (Lipinski definition) is 2. The number of rotatable bonds is 4. The maximum atomic E-state index is 5.86. The van der Waals surface area contributed by atoms with Crippen molar-refractivity contribution >= 4 is 50.6 Å². The van der Waals surface area contributed by atoms with Crippen molar-refractivity contribution in [3.63, 3.8) is 0 Å². The third-order valence-corrected chi connectivity index (χ3v) is 3.93. The lowest BCUT2D eigenvalue weighted by Gasteiger charge is -2.06. The van der Waals surface area contributed by atoms with Gasteiger partial charge < -0.3 is 11.1 Å². The van der Waals surface area contributed by atoms with Crippen LogP contribution in [0.1, 0.15) is 4.88 Å². The van der Waals surface area contributed by atoms with E-state index in [9.17, 15) is 0 Å².